The smallest absolute Gasteiger partial charge is 0.356 e. The monoisotopic (exact) mass is 492 g/mol. The Hall–Kier alpha value is -3.85. The highest BCUT2D eigenvalue weighted by atomic mass is 35.5. The average Bonchev–Trinajstić information content (AvgIpc) is 3.51. The van der Waals surface area contributed by atoms with Gasteiger partial charge in [0.15, 0.2) is 11.4 Å². The lowest BCUT2D eigenvalue weighted by Gasteiger charge is -2.11. The van der Waals surface area contributed by atoms with E-state index in [2.05, 4.69) is 15.2 Å². The number of ether oxygens (including phenoxy) is 2. The summed E-state index contributed by atoms with van der Waals surface area (Å²) in [4.78, 5) is 15.8. The highest BCUT2D eigenvalue weighted by Gasteiger charge is 2.33. The second kappa shape index (κ2) is 8.42. The Morgan fingerprint density at radius 3 is 2.91 bits per heavy atom. The molecule has 0 unspecified atom stereocenters. The molecule has 0 radical (unpaired) electrons. The summed E-state index contributed by atoms with van der Waals surface area (Å²) in [6.45, 7) is 2.68. The molecule has 178 valence electrons. The highest BCUT2D eigenvalue weighted by molar-refractivity contribution is 6.33. The first-order valence-electron chi connectivity index (χ1n) is 11.3. The van der Waals surface area contributed by atoms with Crippen LogP contribution in [0.15, 0.2) is 40.9 Å². The fourth-order valence-corrected chi connectivity index (χ4v) is 4.61. The summed E-state index contributed by atoms with van der Waals surface area (Å²) in [5.74, 6) is 1.46. The van der Waals surface area contributed by atoms with Crippen LogP contribution in [0.3, 0.4) is 0 Å². The molecule has 0 amide bonds. The van der Waals surface area contributed by atoms with Crippen molar-refractivity contribution in [1.82, 2.24) is 19.9 Å². The molecule has 3 aromatic heterocycles. The maximum atomic E-state index is 11.2. The minimum atomic E-state index is -1.10. The second-order valence-electron chi connectivity index (χ2n) is 8.71. The van der Waals surface area contributed by atoms with Gasteiger partial charge in [-0.25, -0.2) is 14.5 Å². The van der Waals surface area contributed by atoms with E-state index in [-0.39, 0.29) is 12.3 Å². The predicted molar refractivity (Wildman–Crippen MR) is 125 cm³/mol. The van der Waals surface area contributed by atoms with Crippen molar-refractivity contribution in [2.24, 2.45) is 0 Å². The molecule has 35 heavy (non-hydrogen) atoms. The predicted octanol–water partition coefficient (Wildman–Crippen LogP) is 5.40. The third kappa shape index (κ3) is 4.01. The van der Waals surface area contributed by atoms with E-state index in [0.29, 0.717) is 52.8 Å². The van der Waals surface area contributed by atoms with Gasteiger partial charge in [-0.3, -0.25) is 0 Å². The summed E-state index contributed by atoms with van der Waals surface area (Å²) in [6, 6.07) is 10.7. The lowest BCUT2D eigenvalue weighted by atomic mass is 10.0. The van der Waals surface area contributed by atoms with Crippen molar-refractivity contribution in [2.45, 2.75) is 45.3 Å². The van der Waals surface area contributed by atoms with Gasteiger partial charge in [0.2, 0.25) is 11.8 Å². The Morgan fingerprint density at radius 2 is 2.14 bits per heavy atom. The van der Waals surface area contributed by atoms with E-state index in [0.717, 1.165) is 35.3 Å². The van der Waals surface area contributed by atoms with E-state index in [9.17, 15) is 9.90 Å². The molecular weight excluding hydrogens is 472 g/mol. The van der Waals surface area contributed by atoms with Gasteiger partial charge in [0.25, 0.3) is 0 Å². The van der Waals surface area contributed by atoms with E-state index < -0.39 is 5.97 Å². The normalized spacial score (nSPS) is 14.6. The molecule has 1 aromatic carbocycles. The highest BCUT2D eigenvalue weighted by Crippen LogP contribution is 2.45. The van der Waals surface area contributed by atoms with Crippen molar-refractivity contribution in [2.75, 3.05) is 0 Å². The molecule has 0 atom stereocenters. The summed E-state index contributed by atoms with van der Waals surface area (Å²) < 4.78 is 19.3. The number of hydrogen-bond acceptors (Lipinski definition) is 7. The van der Waals surface area contributed by atoms with Crippen molar-refractivity contribution in [1.29, 1.82) is 0 Å². The Bertz CT molecular complexity index is 1440. The first-order valence-corrected chi connectivity index (χ1v) is 11.7. The molecule has 1 N–H and O–H groups in total. The van der Waals surface area contributed by atoms with Gasteiger partial charge in [-0.2, -0.15) is 5.10 Å². The minimum absolute atomic E-state index is 0.0545. The molecule has 4 aromatic rings. The molecule has 0 bridgehead atoms. The number of fused-ring (bicyclic) bond motifs is 2. The van der Waals surface area contributed by atoms with E-state index in [4.69, 9.17) is 25.6 Å². The second-order valence-corrected chi connectivity index (χ2v) is 9.12. The van der Waals surface area contributed by atoms with E-state index in [1.807, 2.05) is 25.1 Å². The topological polar surface area (TPSA) is 112 Å². The van der Waals surface area contributed by atoms with Gasteiger partial charge < -0.3 is 19.1 Å². The fraction of sp³-hybridized carbons (Fsp3) is 0.280. The van der Waals surface area contributed by atoms with Gasteiger partial charge in [0.1, 0.15) is 18.1 Å². The first kappa shape index (κ1) is 21.7. The Balaban J connectivity index is 1.26. The van der Waals surface area contributed by atoms with Crippen molar-refractivity contribution in [3.63, 3.8) is 0 Å². The standard InChI is InChI=1S/C25H21ClN4O5/c1-13-3-2-4-16(26)22(13)23-15(24(35-29-23)14-5-6-14)12-33-20-8-7-19-17(27-20)9-10-30-21(34-19)11-18(28-30)25(31)32/h2-4,7-8,11,14H,5-6,9-10,12H2,1H3,(H,31,32). The van der Waals surface area contributed by atoms with Crippen molar-refractivity contribution < 1.29 is 23.9 Å². The van der Waals surface area contributed by atoms with Crippen LogP contribution in [0.4, 0.5) is 0 Å². The van der Waals surface area contributed by atoms with Gasteiger partial charge >= 0.3 is 5.97 Å². The van der Waals surface area contributed by atoms with Crippen LogP contribution in [-0.2, 0) is 19.6 Å². The van der Waals surface area contributed by atoms with Gasteiger partial charge in [0.05, 0.1) is 22.8 Å². The molecule has 1 saturated carbocycles. The number of aromatic carboxylic acids is 1. The van der Waals surface area contributed by atoms with Crippen LogP contribution in [0.2, 0.25) is 5.02 Å². The summed E-state index contributed by atoms with van der Waals surface area (Å²) in [7, 11) is 0. The van der Waals surface area contributed by atoms with E-state index in [1.54, 1.807) is 12.1 Å². The molecule has 4 heterocycles. The van der Waals surface area contributed by atoms with E-state index >= 15 is 0 Å². The maximum absolute atomic E-state index is 11.2. The number of carbonyl (C=O) groups is 1. The largest absolute Gasteiger partial charge is 0.476 e. The number of aryl methyl sites for hydroxylation is 3. The molecule has 0 saturated heterocycles. The summed E-state index contributed by atoms with van der Waals surface area (Å²) in [6.07, 6.45) is 2.65. The number of carboxylic acid groups (broad SMARTS) is 1. The van der Waals surface area contributed by atoms with Gasteiger partial charge in [0, 0.05) is 30.0 Å². The average molecular weight is 493 g/mol. The van der Waals surface area contributed by atoms with Crippen LogP contribution < -0.4 is 9.47 Å². The summed E-state index contributed by atoms with van der Waals surface area (Å²) in [5, 5.41) is 18.2. The van der Waals surface area contributed by atoms with Crippen molar-refractivity contribution in [3.05, 3.63) is 69.7 Å². The zero-order chi connectivity index (χ0) is 24.1. The molecule has 1 aliphatic carbocycles. The van der Waals surface area contributed by atoms with Gasteiger partial charge in [-0.1, -0.05) is 28.9 Å². The summed E-state index contributed by atoms with van der Waals surface area (Å²) in [5.41, 5.74) is 4.10. The molecule has 9 nitrogen and oxygen atoms in total. The van der Waals surface area contributed by atoms with Crippen LogP contribution in [0, 0.1) is 6.92 Å². The minimum Gasteiger partial charge on any atom is -0.476 e. The van der Waals surface area contributed by atoms with Gasteiger partial charge in [-0.15, -0.1) is 0 Å². The first-order chi connectivity index (χ1) is 17.0. The van der Waals surface area contributed by atoms with Crippen LogP contribution >= 0.6 is 11.6 Å². The lowest BCUT2D eigenvalue weighted by Crippen LogP contribution is -2.05. The van der Waals surface area contributed by atoms with Crippen LogP contribution in [0.1, 0.15) is 51.8 Å². The number of hydrogen-bond donors (Lipinski definition) is 1. The molecule has 1 fully saturated rings. The number of aromatic nitrogens is 4. The fourth-order valence-electron chi connectivity index (χ4n) is 4.29. The molecule has 0 spiro atoms. The SMILES string of the molecule is Cc1cccc(Cl)c1-c1noc(C2CC2)c1COc1ccc2c(n1)CCn1nc(C(=O)O)cc1O2. The summed E-state index contributed by atoms with van der Waals surface area (Å²) >= 11 is 6.52. The molecule has 6 rings (SSSR count). The number of nitrogens with zero attached hydrogens (tertiary/aromatic N) is 4. The van der Waals surface area contributed by atoms with E-state index in [1.165, 1.54) is 10.7 Å². The molecular formula is C25H21ClN4O5. The number of pyridine rings is 1. The molecule has 10 heteroatoms. The number of benzene rings is 1. The van der Waals surface area contributed by atoms with Crippen molar-refractivity contribution in [3.8, 4) is 28.8 Å². The number of rotatable bonds is 6. The Morgan fingerprint density at radius 1 is 1.29 bits per heavy atom. The Kier molecular flexibility index (Phi) is 5.21. The van der Waals surface area contributed by atoms with Gasteiger partial charge in [-0.05, 0) is 37.5 Å². The third-order valence-corrected chi connectivity index (χ3v) is 6.55. The zero-order valence-electron chi connectivity index (χ0n) is 18.8. The number of halogens is 1. The molecule has 1 aliphatic heterocycles. The van der Waals surface area contributed by atoms with Crippen molar-refractivity contribution >= 4 is 17.6 Å². The zero-order valence-corrected chi connectivity index (χ0v) is 19.6. The Labute approximate surface area is 205 Å². The number of carboxylic acids is 1. The van der Waals surface area contributed by atoms with Crippen LogP contribution in [0.5, 0.6) is 17.5 Å². The van der Waals surface area contributed by atoms with Crippen LogP contribution in [-0.4, -0.2) is 31.0 Å². The van der Waals surface area contributed by atoms with Crippen LogP contribution in [0.25, 0.3) is 11.3 Å². The quantitative estimate of drug-likeness (QED) is 0.381. The maximum Gasteiger partial charge on any atom is 0.356 e. The third-order valence-electron chi connectivity index (χ3n) is 6.23. The lowest BCUT2D eigenvalue weighted by molar-refractivity contribution is 0.0689. The molecule has 2 aliphatic rings.